The number of morpholine rings is 1. The lowest BCUT2D eigenvalue weighted by molar-refractivity contribution is -0.0330. The van der Waals surface area contributed by atoms with Crippen molar-refractivity contribution in [1.29, 1.82) is 0 Å². The van der Waals surface area contributed by atoms with Crippen LogP contribution in [-0.4, -0.2) is 42.4 Å². The number of ether oxygens (including phenoxy) is 1. The number of benzene rings is 1. The van der Waals surface area contributed by atoms with Crippen LogP contribution in [0.15, 0.2) is 24.3 Å². The van der Waals surface area contributed by atoms with Crippen molar-refractivity contribution < 1.29 is 9.84 Å². The molecule has 1 aromatic carbocycles. The SMILES string of the molecule is CCC1CN(CCC(O)c2ccccc2Cl)CCO1. The van der Waals surface area contributed by atoms with Crippen LogP contribution in [0.2, 0.25) is 5.02 Å². The van der Waals surface area contributed by atoms with Gasteiger partial charge in [0.15, 0.2) is 0 Å². The Morgan fingerprint density at radius 2 is 2.26 bits per heavy atom. The largest absolute Gasteiger partial charge is 0.388 e. The fraction of sp³-hybridized carbons (Fsp3) is 0.600. The Hall–Kier alpha value is -0.610. The fourth-order valence-corrected chi connectivity index (χ4v) is 2.70. The molecule has 106 valence electrons. The van der Waals surface area contributed by atoms with Crippen molar-refractivity contribution in [3.8, 4) is 0 Å². The lowest BCUT2D eigenvalue weighted by Crippen LogP contribution is -2.42. The Balaban J connectivity index is 1.83. The zero-order valence-corrected chi connectivity index (χ0v) is 12.1. The van der Waals surface area contributed by atoms with Gasteiger partial charge in [0.1, 0.15) is 0 Å². The standard InChI is InChI=1S/C15H22ClNO2/c1-2-12-11-17(9-10-19-12)8-7-15(18)13-5-3-4-6-14(13)16/h3-6,12,15,18H,2,7-11H2,1H3. The third-order valence-corrected chi connectivity index (χ3v) is 4.01. The van der Waals surface area contributed by atoms with E-state index in [1.165, 1.54) is 0 Å². The van der Waals surface area contributed by atoms with E-state index in [0.29, 0.717) is 17.5 Å². The number of halogens is 1. The normalized spacial score (nSPS) is 22.4. The topological polar surface area (TPSA) is 32.7 Å². The summed E-state index contributed by atoms with van der Waals surface area (Å²) in [6.07, 6.45) is 1.60. The van der Waals surface area contributed by atoms with Gasteiger partial charge in [0.2, 0.25) is 0 Å². The van der Waals surface area contributed by atoms with Gasteiger partial charge in [-0.25, -0.2) is 0 Å². The lowest BCUT2D eigenvalue weighted by Gasteiger charge is -2.32. The molecule has 1 N–H and O–H groups in total. The van der Waals surface area contributed by atoms with Crippen molar-refractivity contribution in [3.05, 3.63) is 34.9 Å². The highest BCUT2D eigenvalue weighted by atomic mass is 35.5. The first-order valence-corrected chi connectivity index (χ1v) is 7.35. The van der Waals surface area contributed by atoms with Crippen LogP contribution >= 0.6 is 11.6 Å². The van der Waals surface area contributed by atoms with Gasteiger partial charge in [0.25, 0.3) is 0 Å². The van der Waals surface area contributed by atoms with Crippen molar-refractivity contribution in [1.82, 2.24) is 4.90 Å². The van der Waals surface area contributed by atoms with Crippen molar-refractivity contribution >= 4 is 11.6 Å². The van der Waals surface area contributed by atoms with Gasteiger partial charge in [-0.3, -0.25) is 4.90 Å². The van der Waals surface area contributed by atoms with Gasteiger partial charge in [0, 0.05) is 24.7 Å². The van der Waals surface area contributed by atoms with E-state index < -0.39 is 6.10 Å². The van der Waals surface area contributed by atoms with E-state index in [4.69, 9.17) is 16.3 Å². The number of aliphatic hydroxyl groups is 1. The summed E-state index contributed by atoms with van der Waals surface area (Å²) in [6.45, 7) is 5.73. The Labute approximate surface area is 120 Å². The molecule has 1 heterocycles. The molecule has 0 radical (unpaired) electrons. The number of aliphatic hydroxyl groups excluding tert-OH is 1. The summed E-state index contributed by atoms with van der Waals surface area (Å²) in [5.74, 6) is 0. The Morgan fingerprint density at radius 3 is 3.00 bits per heavy atom. The minimum atomic E-state index is -0.489. The number of nitrogens with zero attached hydrogens (tertiary/aromatic N) is 1. The molecule has 0 saturated carbocycles. The van der Waals surface area contributed by atoms with Crippen LogP contribution in [0, 0.1) is 0 Å². The highest BCUT2D eigenvalue weighted by molar-refractivity contribution is 6.31. The molecule has 0 aromatic heterocycles. The summed E-state index contributed by atoms with van der Waals surface area (Å²) in [7, 11) is 0. The van der Waals surface area contributed by atoms with Crippen LogP contribution in [0.25, 0.3) is 0 Å². The molecule has 2 atom stereocenters. The van der Waals surface area contributed by atoms with Crippen LogP contribution in [0.3, 0.4) is 0 Å². The maximum Gasteiger partial charge on any atom is 0.0816 e. The van der Waals surface area contributed by atoms with Crippen LogP contribution in [0.1, 0.15) is 31.4 Å². The van der Waals surface area contributed by atoms with Crippen molar-refractivity contribution in [3.63, 3.8) is 0 Å². The van der Waals surface area contributed by atoms with Crippen molar-refractivity contribution in [2.24, 2.45) is 0 Å². The third-order valence-electron chi connectivity index (χ3n) is 3.66. The fourth-order valence-electron chi connectivity index (χ4n) is 2.44. The summed E-state index contributed by atoms with van der Waals surface area (Å²) in [6, 6.07) is 7.50. The average molecular weight is 284 g/mol. The highest BCUT2D eigenvalue weighted by Crippen LogP contribution is 2.25. The van der Waals surface area contributed by atoms with Crippen LogP contribution < -0.4 is 0 Å². The van der Waals surface area contributed by atoms with E-state index in [9.17, 15) is 5.11 Å². The van der Waals surface area contributed by atoms with Crippen LogP contribution in [0.4, 0.5) is 0 Å². The first-order valence-electron chi connectivity index (χ1n) is 6.97. The third kappa shape index (κ3) is 4.18. The zero-order valence-electron chi connectivity index (χ0n) is 11.4. The summed E-state index contributed by atoms with van der Waals surface area (Å²) < 4.78 is 5.64. The molecule has 0 spiro atoms. The molecular formula is C15H22ClNO2. The second kappa shape index (κ2) is 7.25. The predicted octanol–water partition coefficient (Wildman–Crippen LogP) is 2.87. The summed E-state index contributed by atoms with van der Waals surface area (Å²) in [5, 5.41) is 10.9. The molecule has 0 aliphatic carbocycles. The van der Waals surface area contributed by atoms with Gasteiger partial charge in [-0.1, -0.05) is 36.7 Å². The van der Waals surface area contributed by atoms with Gasteiger partial charge >= 0.3 is 0 Å². The molecule has 1 aliphatic rings. The monoisotopic (exact) mass is 283 g/mol. The van der Waals surface area contributed by atoms with E-state index in [0.717, 1.165) is 38.2 Å². The Kier molecular flexibility index (Phi) is 5.64. The predicted molar refractivity (Wildman–Crippen MR) is 77.5 cm³/mol. The zero-order chi connectivity index (χ0) is 13.7. The maximum atomic E-state index is 10.2. The Morgan fingerprint density at radius 1 is 1.47 bits per heavy atom. The molecule has 4 heteroatoms. The first-order chi connectivity index (χ1) is 9.20. The summed E-state index contributed by atoms with van der Waals surface area (Å²) in [4.78, 5) is 2.36. The molecule has 1 aliphatic heterocycles. The average Bonchev–Trinajstić information content (AvgIpc) is 2.45. The molecule has 1 aromatic rings. The summed E-state index contributed by atoms with van der Waals surface area (Å²) >= 11 is 6.09. The number of rotatable bonds is 5. The van der Waals surface area contributed by atoms with E-state index in [1.54, 1.807) is 0 Å². The van der Waals surface area contributed by atoms with E-state index >= 15 is 0 Å². The smallest absolute Gasteiger partial charge is 0.0816 e. The quantitative estimate of drug-likeness (QED) is 0.902. The van der Waals surface area contributed by atoms with Gasteiger partial charge in [-0.15, -0.1) is 0 Å². The lowest BCUT2D eigenvalue weighted by atomic mass is 10.1. The highest BCUT2D eigenvalue weighted by Gasteiger charge is 2.20. The molecule has 19 heavy (non-hydrogen) atoms. The van der Waals surface area contributed by atoms with Gasteiger partial charge in [0.05, 0.1) is 18.8 Å². The molecule has 1 fully saturated rings. The molecule has 3 nitrogen and oxygen atoms in total. The van der Waals surface area contributed by atoms with Crippen molar-refractivity contribution in [2.75, 3.05) is 26.2 Å². The molecule has 0 amide bonds. The molecule has 0 bridgehead atoms. The van der Waals surface area contributed by atoms with E-state index in [1.807, 2.05) is 24.3 Å². The van der Waals surface area contributed by atoms with Crippen LogP contribution in [-0.2, 0) is 4.74 Å². The second-order valence-corrected chi connectivity index (χ2v) is 5.43. The van der Waals surface area contributed by atoms with Crippen LogP contribution in [0.5, 0.6) is 0 Å². The maximum absolute atomic E-state index is 10.2. The second-order valence-electron chi connectivity index (χ2n) is 5.03. The molecular weight excluding hydrogens is 262 g/mol. The minimum Gasteiger partial charge on any atom is -0.388 e. The van der Waals surface area contributed by atoms with E-state index in [2.05, 4.69) is 11.8 Å². The number of hydrogen-bond donors (Lipinski definition) is 1. The van der Waals surface area contributed by atoms with Gasteiger partial charge in [-0.2, -0.15) is 0 Å². The molecule has 1 saturated heterocycles. The Bertz CT molecular complexity index is 399. The minimum absolute atomic E-state index is 0.339. The molecule has 2 unspecified atom stereocenters. The van der Waals surface area contributed by atoms with Gasteiger partial charge < -0.3 is 9.84 Å². The summed E-state index contributed by atoms with van der Waals surface area (Å²) in [5.41, 5.74) is 0.824. The van der Waals surface area contributed by atoms with E-state index in [-0.39, 0.29) is 0 Å². The number of hydrogen-bond acceptors (Lipinski definition) is 3. The first kappa shape index (κ1) is 14.8. The van der Waals surface area contributed by atoms with Crippen molar-refractivity contribution in [2.45, 2.75) is 32.0 Å². The molecule has 2 rings (SSSR count). The van der Waals surface area contributed by atoms with Gasteiger partial charge in [-0.05, 0) is 24.5 Å².